The van der Waals surface area contributed by atoms with E-state index in [1.54, 1.807) is 62.6 Å². The normalized spacial score (nSPS) is 11.3. The first-order valence-electron chi connectivity index (χ1n) is 12.1. The summed E-state index contributed by atoms with van der Waals surface area (Å²) in [6.45, 7) is 3.30. The highest BCUT2D eigenvalue weighted by Crippen LogP contribution is 2.26. The molecule has 0 aromatic heterocycles. The van der Waals surface area contributed by atoms with Crippen LogP contribution in [0.15, 0.2) is 72.8 Å². The second-order valence-corrected chi connectivity index (χ2v) is 9.06. The van der Waals surface area contributed by atoms with Crippen molar-refractivity contribution in [2.75, 3.05) is 29.6 Å². The molecule has 0 spiro atoms. The van der Waals surface area contributed by atoms with E-state index in [1.807, 2.05) is 31.2 Å². The fraction of sp³-hybridized carbons (Fsp3) is 0.241. The van der Waals surface area contributed by atoms with Crippen LogP contribution in [0.1, 0.15) is 36.1 Å². The Balaban J connectivity index is 1.60. The van der Waals surface area contributed by atoms with Gasteiger partial charge in [0, 0.05) is 38.1 Å². The van der Waals surface area contributed by atoms with Crippen molar-refractivity contribution in [1.29, 1.82) is 0 Å². The van der Waals surface area contributed by atoms with Crippen LogP contribution < -0.4 is 15.5 Å². The molecule has 198 valence electrons. The van der Waals surface area contributed by atoms with E-state index in [1.165, 1.54) is 16.7 Å². The Bertz CT molecular complexity index is 1310. The van der Waals surface area contributed by atoms with Crippen LogP contribution in [0.5, 0.6) is 0 Å². The second-order valence-electron chi connectivity index (χ2n) is 9.06. The molecule has 9 heteroatoms. The number of anilines is 3. The molecule has 0 saturated heterocycles. The minimum atomic E-state index is -1.01. The third-order valence-corrected chi connectivity index (χ3v) is 6.33. The number of aliphatic carboxylic acids is 1. The Morgan fingerprint density at radius 3 is 2.08 bits per heavy atom. The number of carboxylic acids is 1. The van der Waals surface area contributed by atoms with Crippen LogP contribution >= 0.6 is 0 Å². The highest BCUT2D eigenvalue weighted by molar-refractivity contribution is 6.00. The van der Waals surface area contributed by atoms with Gasteiger partial charge in [0.2, 0.25) is 11.8 Å². The van der Waals surface area contributed by atoms with Gasteiger partial charge < -0.3 is 25.5 Å². The first-order chi connectivity index (χ1) is 18.0. The second kappa shape index (κ2) is 12.5. The Labute approximate surface area is 222 Å². The third kappa shape index (κ3) is 7.42. The van der Waals surface area contributed by atoms with E-state index < -0.39 is 12.0 Å². The number of benzene rings is 3. The van der Waals surface area contributed by atoms with E-state index in [0.29, 0.717) is 16.9 Å². The number of para-hydroxylation sites is 1. The van der Waals surface area contributed by atoms with Crippen LogP contribution in [0, 0.1) is 6.92 Å². The SMILES string of the molecule is CC(=O)N(C)C(CC(=O)O)c1ccc(N(C)C(=O)Cc2ccc(NC(=O)Nc3ccccc3C)cc2)cc1. The van der Waals surface area contributed by atoms with Crippen molar-refractivity contribution in [3.8, 4) is 0 Å². The molecule has 4 amide bonds. The van der Waals surface area contributed by atoms with Crippen LogP contribution in [0.25, 0.3) is 0 Å². The number of amides is 4. The first-order valence-corrected chi connectivity index (χ1v) is 12.1. The summed E-state index contributed by atoms with van der Waals surface area (Å²) < 4.78 is 0. The Hall–Kier alpha value is -4.66. The number of hydrogen-bond donors (Lipinski definition) is 3. The van der Waals surface area contributed by atoms with Crippen molar-refractivity contribution in [3.05, 3.63) is 89.5 Å². The van der Waals surface area contributed by atoms with Crippen molar-refractivity contribution in [1.82, 2.24) is 4.90 Å². The van der Waals surface area contributed by atoms with Gasteiger partial charge in [0.25, 0.3) is 0 Å². The van der Waals surface area contributed by atoms with Gasteiger partial charge in [-0.3, -0.25) is 14.4 Å². The van der Waals surface area contributed by atoms with Gasteiger partial charge in [-0.2, -0.15) is 0 Å². The molecule has 38 heavy (non-hydrogen) atoms. The van der Waals surface area contributed by atoms with E-state index in [9.17, 15) is 24.3 Å². The zero-order chi connectivity index (χ0) is 27.8. The summed E-state index contributed by atoms with van der Waals surface area (Å²) in [5, 5.41) is 14.8. The average Bonchev–Trinajstić information content (AvgIpc) is 2.89. The fourth-order valence-electron chi connectivity index (χ4n) is 3.92. The zero-order valence-electron chi connectivity index (χ0n) is 21.9. The summed E-state index contributed by atoms with van der Waals surface area (Å²) >= 11 is 0. The number of carbonyl (C=O) groups excluding carboxylic acids is 3. The standard InChI is InChI=1S/C29H32N4O5/c1-19-7-5-6-8-25(19)31-29(38)30-23-13-9-21(10-14-23)17-27(35)33(4)24-15-11-22(12-16-24)26(18-28(36)37)32(3)20(2)34/h5-16,26H,17-18H2,1-4H3,(H,36,37)(H2,30,31,38). The minimum Gasteiger partial charge on any atom is -0.481 e. The van der Waals surface area contributed by atoms with Gasteiger partial charge in [-0.25, -0.2) is 4.79 Å². The van der Waals surface area contributed by atoms with Gasteiger partial charge in [0.15, 0.2) is 0 Å². The van der Waals surface area contributed by atoms with Gasteiger partial charge >= 0.3 is 12.0 Å². The molecule has 3 aromatic rings. The Morgan fingerprint density at radius 2 is 1.50 bits per heavy atom. The lowest BCUT2D eigenvalue weighted by atomic mass is 10.0. The quantitative estimate of drug-likeness (QED) is 0.376. The molecule has 0 heterocycles. The summed E-state index contributed by atoms with van der Waals surface area (Å²) in [6, 6.07) is 20.5. The summed E-state index contributed by atoms with van der Waals surface area (Å²) in [4.78, 5) is 51.2. The number of nitrogens with one attached hydrogen (secondary N) is 2. The topological polar surface area (TPSA) is 119 Å². The van der Waals surface area contributed by atoms with E-state index in [0.717, 1.165) is 16.8 Å². The van der Waals surface area contributed by atoms with Crippen LogP contribution in [0.4, 0.5) is 21.9 Å². The summed E-state index contributed by atoms with van der Waals surface area (Å²) in [5.41, 5.74) is 4.38. The number of rotatable bonds is 9. The maximum Gasteiger partial charge on any atom is 0.323 e. The van der Waals surface area contributed by atoms with Crippen molar-refractivity contribution >= 4 is 40.9 Å². The molecule has 0 aliphatic heterocycles. The van der Waals surface area contributed by atoms with Gasteiger partial charge in [0.1, 0.15) is 0 Å². The molecule has 3 aromatic carbocycles. The van der Waals surface area contributed by atoms with Crippen molar-refractivity contribution < 1.29 is 24.3 Å². The largest absolute Gasteiger partial charge is 0.481 e. The summed E-state index contributed by atoms with van der Waals surface area (Å²) in [7, 11) is 3.23. The maximum absolute atomic E-state index is 12.9. The molecule has 1 unspecified atom stereocenters. The van der Waals surface area contributed by atoms with E-state index in [2.05, 4.69) is 10.6 Å². The van der Waals surface area contributed by atoms with Crippen LogP contribution in [-0.4, -0.2) is 47.9 Å². The van der Waals surface area contributed by atoms with Crippen molar-refractivity contribution in [3.63, 3.8) is 0 Å². The molecular weight excluding hydrogens is 484 g/mol. The molecule has 0 saturated carbocycles. The molecule has 1 atom stereocenters. The molecule has 0 fully saturated rings. The number of hydrogen-bond acceptors (Lipinski definition) is 4. The molecular formula is C29H32N4O5. The van der Waals surface area contributed by atoms with Crippen molar-refractivity contribution in [2.24, 2.45) is 0 Å². The molecule has 3 N–H and O–H groups in total. The third-order valence-electron chi connectivity index (χ3n) is 6.33. The van der Waals surface area contributed by atoms with Crippen molar-refractivity contribution in [2.45, 2.75) is 32.7 Å². The predicted octanol–water partition coefficient (Wildman–Crippen LogP) is 4.84. The molecule has 0 aliphatic carbocycles. The number of urea groups is 1. The maximum atomic E-state index is 12.9. The highest BCUT2D eigenvalue weighted by Gasteiger charge is 2.23. The number of carboxylic acid groups (broad SMARTS) is 1. The highest BCUT2D eigenvalue weighted by atomic mass is 16.4. The fourth-order valence-corrected chi connectivity index (χ4v) is 3.92. The van der Waals surface area contributed by atoms with Gasteiger partial charge in [-0.1, -0.05) is 42.5 Å². The lowest BCUT2D eigenvalue weighted by molar-refractivity contribution is -0.140. The van der Waals surface area contributed by atoms with Gasteiger partial charge in [-0.15, -0.1) is 0 Å². The van der Waals surface area contributed by atoms with E-state index in [-0.39, 0.29) is 30.7 Å². The Kier molecular flexibility index (Phi) is 9.21. The molecule has 9 nitrogen and oxygen atoms in total. The smallest absolute Gasteiger partial charge is 0.323 e. The molecule has 0 aliphatic rings. The van der Waals surface area contributed by atoms with E-state index in [4.69, 9.17) is 0 Å². The van der Waals surface area contributed by atoms with E-state index >= 15 is 0 Å². The summed E-state index contributed by atoms with van der Waals surface area (Å²) in [6.07, 6.45) is -0.0642. The monoisotopic (exact) mass is 516 g/mol. The average molecular weight is 517 g/mol. The lowest BCUT2D eigenvalue weighted by Crippen LogP contribution is -2.31. The predicted molar refractivity (Wildman–Crippen MR) is 147 cm³/mol. The number of aryl methyl sites for hydroxylation is 1. The number of nitrogens with zero attached hydrogens (tertiary/aromatic N) is 2. The number of likely N-dealkylation sites (N-methyl/N-ethyl adjacent to an activating group) is 1. The van der Waals surface area contributed by atoms with Crippen LogP contribution in [0.3, 0.4) is 0 Å². The zero-order valence-corrected chi connectivity index (χ0v) is 21.9. The van der Waals surface area contributed by atoms with Gasteiger partial charge in [-0.05, 0) is 53.9 Å². The molecule has 0 bridgehead atoms. The molecule has 0 radical (unpaired) electrons. The minimum absolute atomic E-state index is 0.140. The van der Waals surface area contributed by atoms with Gasteiger partial charge in [0.05, 0.1) is 18.9 Å². The lowest BCUT2D eigenvalue weighted by Gasteiger charge is -2.27. The van der Waals surface area contributed by atoms with Crippen LogP contribution in [-0.2, 0) is 20.8 Å². The Morgan fingerprint density at radius 1 is 0.868 bits per heavy atom. The number of carbonyl (C=O) groups is 4. The summed E-state index contributed by atoms with van der Waals surface area (Å²) in [5.74, 6) is -1.38. The first kappa shape index (κ1) is 27.9. The van der Waals surface area contributed by atoms with Crippen LogP contribution in [0.2, 0.25) is 0 Å². The molecule has 3 rings (SSSR count).